The van der Waals surface area contributed by atoms with Crippen LogP contribution in [0, 0.1) is 62.2 Å². The molecule has 0 bridgehead atoms. The Hall–Kier alpha value is -13.7. The molecule has 39 heteroatoms. The maximum Gasteiger partial charge on any atom is 0.281 e. The zero-order valence-corrected chi connectivity index (χ0v) is 89.3. The molecule has 5 aliphatic heterocycles. The van der Waals surface area contributed by atoms with Gasteiger partial charge in [0.15, 0.2) is 10.1 Å². The second kappa shape index (κ2) is 43.7. The van der Waals surface area contributed by atoms with Crippen molar-refractivity contribution in [1.82, 2.24) is 58.8 Å². The summed E-state index contributed by atoms with van der Waals surface area (Å²) in [4.78, 5) is 99.0. The van der Waals surface area contributed by atoms with Crippen LogP contribution in [0.1, 0.15) is 201 Å². The molecule has 5 saturated heterocycles. The standard InChI is InChI=1S/C30H37N3O5S.C26H31N5O4S.C25H30N6O4S.C25H35N5O3S/c1-19(2)18-38-24-14-20(3)13-22(15-24)27-12-11-26(28(31-27)33-17-21(4)16-30(33,5)6)29(35)32-39(36,37)25-9-7-23(34)8-10-25;1-16-14-26(3,4)31(15-16)24-19(25(32)30-36(33,34)22-7-6-12-28-23(22)27)9-10-20(29-24)18-8-11-21(35-5)17(2)13-18;1-15-13-25(3,4)31(14-15)23-18(24(32)30-36(33,34)22-8-6-7-20(26)29-22)9-10-19(28-23)17-11-16(2)27-21(12-17)35-5;1-17-12-18(2)15-29(14-17)21-9-6-10-22(27-21)34(32,33)28-24(31)20-8-7-11-26-23(20)30-16-19(3)13-25(30,4)5/h7-15,19,21,34H,16-18H2,1-6H3,(H,32,35);6-13,16H,14-15H2,1-5H3,(H2,27,28)(H,30,32);6-12,15H,13-14H2,1-5H3,(H2,26,29)(H,30,32);6-11,17-19H,12-16H2,1-5H3,(H,28,31)/t21-;16-;15-;/m000./s1. The molecule has 35 nitrogen and oxygen atoms in total. The number of nitrogens with one attached hydrogen (secondary N) is 4. The molecule has 16 rings (SSSR count). The van der Waals surface area contributed by atoms with Crippen LogP contribution in [0.3, 0.4) is 0 Å². The minimum Gasteiger partial charge on any atom is -0.508 e. The van der Waals surface area contributed by atoms with Crippen LogP contribution in [-0.4, -0.2) is 185 Å². The summed E-state index contributed by atoms with van der Waals surface area (Å²) in [6.07, 6.45) is 7.83. The number of nitrogens with zero attached hydrogens (tertiary/aromatic N) is 13. The van der Waals surface area contributed by atoms with Crippen LogP contribution in [0.25, 0.3) is 33.8 Å². The van der Waals surface area contributed by atoms with E-state index in [4.69, 9.17) is 40.6 Å². The number of ether oxygens (including phenoxy) is 3. The van der Waals surface area contributed by atoms with Crippen LogP contribution in [0.15, 0.2) is 202 Å². The van der Waals surface area contributed by atoms with E-state index in [-0.39, 0.29) is 81.6 Å². The lowest BCUT2D eigenvalue weighted by atomic mass is 9.92. The van der Waals surface area contributed by atoms with Crippen molar-refractivity contribution in [2.75, 3.05) is 96.1 Å². The van der Waals surface area contributed by atoms with Crippen LogP contribution < -0.4 is 69.1 Å². The number of aromatic hydroxyl groups is 1. The number of hydrogen-bond donors (Lipinski definition) is 7. The van der Waals surface area contributed by atoms with Gasteiger partial charge in [0.1, 0.15) is 62.9 Å². The number of amides is 4. The molecule has 3 aromatic carbocycles. The highest BCUT2D eigenvalue weighted by Gasteiger charge is 2.45. The fourth-order valence-corrected chi connectivity index (χ4v) is 24.0. The molecule has 772 valence electrons. The van der Waals surface area contributed by atoms with Crippen molar-refractivity contribution >= 4 is 104 Å². The van der Waals surface area contributed by atoms with Gasteiger partial charge in [-0.3, -0.25) is 19.2 Å². The summed E-state index contributed by atoms with van der Waals surface area (Å²) >= 11 is 0. The third-order valence-electron chi connectivity index (χ3n) is 26.1. The number of piperidine rings is 1. The number of pyridine rings is 8. The third-order valence-corrected chi connectivity index (χ3v) is 31.3. The number of carbonyl (C=O) groups excluding carboxylic acids is 4. The number of anilines is 7. The second-order valence-electron chi connectivity index (χ2n) is 41.7. The molecule has 6 atom stereocenters. The van der Waals surface area contributed by atoms with Crippen molar-refractivity contribution in [2.45, 2.75) is 206 Å². The summed E-state index contributed by atoms with van der Waals surface area (Å²) in [5, 5.41) is 9.02. The fourth-order valence-electron chi connectivity index (χ4n) is 20.1. The molecule has 145 heavy (non-hydrogen) atoms. The summed E-state index contributed by atoms with van der Waals surface area (Å²) in [6, 6.07) is 45.5. The molecule has 5 fully saturated rings. The average Bonchev–Trinajstić information content (AvgIpc) is 1.56. The molecule has 0 spiro atoms. The molecular weight excluding hydrogens is 1920 g/mol. The summed E-state index contributed by atoms with van der Waals surface area (Å²) in [7, 11) is -13.6. The number of hydrogen-bond acceptors (Lipinski definition) is 31. The zero-order chi connectivity index (χ0) is 106. The molecule has 4 amide bonds. The van der Waals surface area contributed by atoms with E-state index < -0.39 is 63.7 Å². The normalized spacial score (nSPS) is 18.9. The van der Waals surface area contributed by atoms with E-state index >= 15 is 0 Å². The van der Waals surface area contributed by atoms with Gasteiger partial charge in [-0.25, -0.2) is 75.6 Å². The highest BCUT2D eigenvalue weighted by Crippen LogP contribution is 2.45. The van der Waals surface area contributed by atoms with Crippen LogP contribution in [0.5, 0.6) is 23.1 Å². The molecule has 0 aliphatic carbocycles. The Bertz CT molecular complexity index is 7150. The maximum absolute atomic E-state index is 13.4. The molecule has 13 heterocycles. The van der Waals surface area contributed by atoms with Crippen molar-refractivity contribution in [2.24, 2.45) is 41.4 Å². The van der Waals surface area contributed by atoms with Crippen LogP contribution >= 0.6 is 0 Å². The van der Waals surface area contributed by atoms with E-state index in [0.29, 0.717) is 120 Å². The number of methoxy groups -OCH3 is 2. The molecule has 5 aliphatic rings. The predicted octanol–water partition coefficient (Wildman–Crippen LogP) is 16.2. The van der Waals surface area contributed by atoms with Crippen molar-refractivity contribution in [3.05, 3.63) is 221 Å². The largest absolute Gasteiger partial charge is 0.508 e. The van der Waals surface area contributed by atoms with Crippen molar-refractivity contribution < 1.29 is 72.2 Å². The van der Waals surface area contributed by atoms with Gasteiger partial charge < -0.3 is 55.3 Å². The number of nitrogen functional groups attached to an aromatic ring is 2. The Labute approximate surface area is 851 Å². The SMILES string of the molecule is CC1CC(C)CN(c2cccc(S(=O)(=O)NC(=O)c3cccnc3N3CC(C)CC3(C)C)n2)C1.COc1cc(-c2ccc(C(=O)NS(=O)(=O)c3cccc(N)n3)c(N3C[C@@H](C)CC3(C)C)n2)cc(C)n1.COc1ccc(-c2ccc(C(=O)NS(=O)(=O)c3cccnc3N)c(N3C[C@@H](C)CC3(C)C)n2)cc1C.Cc1cc(OCC(C)C)cc(-c2ccc(C(=O)NS(=O)(=O)c3ccc(O)cc3)c(N3C[C@@H](C)CC3(C)C)n2)c1. The van der Waals surface area contributed by atoms with Gasteiger partial charge in [-0.1, -0.05) is 67.5 Å². The zero-order valence-electron chi connectivity index (χ0n) is 86.0. The Morgan fingerprint density at radius 3 is 1.33 bits per heavy atom. The van der Waals surface area contributed by atoms with Gasteiger partial charge in [0.05, 0.1) is 65.1 Å². The van der Waals surface area contributed by atoms with E-state index in [0.717, 1.165) is 96.7 Å². The summed E-state index contributed by atoms with van der Waals surface area (Å²) < 4.78 is 129. The molecule has 3 unspecified atom stereocenters. The van der Waals surface area contributed by atoms with Crippen LogP contribution in [-0.2, 0) is 40.1 Å². The van der Waals surface area contributed by atoms with Crippen molar-refractivity contribution in [3.8, 4) is 56.9 Å². The maximum atomic E-state index is 13.4. The van der Waals surface area contributed by atoms with Gasteiger partial charge in [-0.15, -0.1) is 0 Å². The first kappa shape index (κ1) is 109. The lowest BCUT2D eigenvalue weighted by molar-refractivity contribution is 0.0972. The smallest absolute Gasteiger partial charge is 0.281 e. The molecule has 0 radical (unpaired) electrons. The van der Waals surface area contributed by atoms with E-state index in [1.165, 1.54) is 66.9 Å². The van der Waals surface area contributed by atoms with Gasteiger partial charge in [0.25, 0.3) is 63.7 Å². The second-order valence-corrected chi connectivity index (χ2v) is 48.3. The summed E-state index contributed by atoms with van der Waals surface area (Å²) in [5.41, 5.74) is 18.2. The number of aryl methyl sites for hydroxylation is 3. The van der Waals surface area contributed by atoms with E-state index in [9.17, 15) is 58.0 Å². The number of sulfonamides is 4. The lowest BCUT2D eigenvalue weighted by Crippen LogP contribution is -2.41. The van der Waals surface area contributed by atoms with E-state index in [2.05, 4.69) is 179 Å². The summed E-state index contributed by atoms with van der Waals surface area (Å²) in [6.45, 7) is 44.8. The molecule has 9 N–H and O–H groups in total. The quantitative estimate of drug-likeness (QED) is 0.0279. The van der Waals surface area contributed by atoms with Gasteiger partial charge in [-0.2, -0.15) is 16.8 Å². The molecular formula is C106H133N19O16S4. The Morgan fingerprint density at radius 2 is 0.876 bits per heavy atom. The summed E-state index contributed by atoms with van der Waals surface area (Å²) in [5.74, 6) is 4.05. The van der Waals surface area contributed by atoms with Gasteiger partial charge in [0.2, 0.25) is 5.88 Å². The van der Waals surface area contributed by atoms with Crippen molar-refractivity contribution in [1.29, 1.82) is 0 Å². The first-order valence-corrected chi connectivity index (χ1v) is 54.2. The fraction of sp³-hybridized carbons (Fsp3) is 0.415. The highest BCUT2D eigenvalue weighted by atomic mass is 32.2. The monoisotopic (exact) mass is 2060 g/mol. The predicted molar refractivity (Wildman–Crippen MR) is 563 cm³/mol. The van der Waals surface area contributed by atoms with Gasteiger partial charge >= 0.3 is 0 Å². The topological polar surface area (TPSA) is 472 Å². The first-order chi connectivity index (χ1) is 68.0. The number of nitrogens with two attached hydrogens (primary N) is 2. The molecule has 8 aromatic heterocycles. The Balaban J connectivity index is 0.000000162. The Morgan fingerprint density at radius 1 is 0.434 bits per heavy atom. The van der Waals surface area contributed by atoms with E-state index in [1.807, 2.05) is 69.3 Å². The number of carbonyl (C=O) groups is 4. The van der Waals surface area contributed by atoms with Crippen LogP contribution in [0.4, 0.5) is 40.7 Å². The first-order valence-electron chi connectivity index (χ1n) is 48.3. The molecule has 0 saturated carbocycles. The third kappa shape index (κ3) is 26.0. The van der Waals surface area contributed by atoms with Gasteiger partial charge in [0, 0.05) is 102 Å². The highest BCUT2D eigenvalue weighted by molar-refractivity contribution is 7.91. The lowest BCUT2D eigenvalue weighted by Gasteiger charge is -2.35. The minimum atomic E-state index is -4.25. The average molecular weight is 2060 g/mol. The molecule has 11 aromatic rings. The number of phenols is 1. The van der Waals surface area contributed by atoms with Gasteiger partial charge in [-0.05, 0) is 312 Å². The Kier molecular flexibility index (Phi) is 32.7. The van der Waals surface area contributed by atoms with Crippen LogP contribution in [0.2, 0.25) is 0 Å². The number of rotatable bonds is 25. The minimum absolute atomic E-state index is 0.0351. The number of aromatic nitrogens is 8. The number of phenolic OH excluding ortho intramolecular Hbond substituents is 1. The van der Waals surface area contributed by atoms with Crippen molar-refractivity contribution in [3.63, 3.8) is 0 Å². The number of benzene rings is 3. The van der Waals surface area contributed by atoms with E-state index in [1.54, 1.807) is 81.1 Å².